The molecule has 0 aromatic rings. The van der Waals surface area contributed by atoms with Gasteiger partial charge in [-0.2, -0.15) is 0 Å². The third-order valence-corrected chi connectivity index (χ3v) is 8.54. The van der Waals surface area contributed by atoms with Crippen LogP contribution >= 0.6 is 7.82 Å². The van der Waals surface area contributed by atoms with Gasteiger partial charge in [0.25, 0.3) is 0 Å². The Morgan fingerprint density at radius 1 is 0.564 bits per heavy atom. The summed E-state index contributed by atoms with van der Waals surface area (Å²) in [4.78, 5) is 35.4. The number of aliphatic hydroxyl groups excluding tert-OH is 5. The number of carbonyl (C=O) groups is 2. The minimum absolute atomic E-state index is 0.0239. The number of aliphatic hydroxyl groups is 5. The van der Waals surface area contributed by atoms with Crippen molar-refractivity contribution in [2.45, 2.75) is 108 Å². The summed E-state index contributed by atoms with van der Waals surface area (Å²) >= 11 is 0. The summed E-state index contributed by atoms with van der Waals surface area (Å²) < 4.78 is 33.1. The third-order valence-electron chi connectivity index (χ3n) is 7.55. The van der Waals surface area contributed by atoms with E-state index in [0.29, 0.717) is 25.7 Å². The summed E-state index contributed by atoms with van der Waals surface area (Å²) in [7, 11) is -5.15. The fourth-order valence-electron chi connectivity index (χ4n) is 4.58. The molecule has 0 bridgehead atoms. The number of unbranched alkanes of at least 4 members (excludes halogenated alkanes) is 2. The number of phosphoric acid groups is 1. The van der Waals surface area contributed by atoms with Gasteiger partial charge >= 0.3 is 19.8 Å². The molecular weight excluding hydrogens is 731 g/mol. The van der Waals surface area contributed by atoms with Crippen LogP contribution in [0.2, 0.25) is 0 Å². The lowest BCUT2D eigenvalue weighted by Crippen LogP contribution is -2.64. The standard InChI is InChI=1S/C41H59O13P/c1-3-5-7-9-11-13-15-17-19-21-23-25-27-29-34(42)51-31-33(32-52-55(49,50)54-41-39(47)37(45)36(44)38(46)40(41)48)53-35(43)30-28-26-24-22-20-18-16-14-12-10-8-6-4-2/h5-24,33,36-41,44-48H,3-4,25-32H2,1-2H3,(H,49,50)/b7-5+,8-6+,11-9+,12-10+,15-13+,16-14+,19-17+,20-18+,23-21+,24-22+/t33?,36?,37-,38?,39?,40?,41?/m1/s1. The van der Waals surface area contributed by atoms with Gasteiger partial charge in [0.05, 0.1) is 6.61 Å². The number of hydrogen-bond donors (Lipinski definition) is 6. The first kappa shape index (κ1) is 49.3. The monoisotopic (exact) mass is 790 g/mol. The van der Waals surface area contributed by atoms with E-state index in [2.05, 4.69) is 19.9 Å². The SMILES string of the molecule is CC/C=C/C=C/C=C/C=C/C=C/CCCC(=O)OCC(COP(=O)(O)OC1C(O)C(O)C(O)[C@@H](O)C1O)OC(=O)CCC/C=C/C=C/C=C/C=C/C=C/CC. The van der Waals surface area contributed by atoms with Gasteiger partial charge in [0, 0.05) is 12.8 Å². The molecule has 55 heavy (non-hydrogen) atoms. The van der Waals surface area contributed by atoms with E-state index in [4.69, 9.17) is 18.5 Å². The van der Waals surface area contributed by atoms with Gasteiger partial charge in [0.1, 0.15) is 43.2 Å². The van der Waals surface area contributed by atoms with Gasteiger partial charge in [-0.25, -0.2) is 4.57 Å². The molecule has 1 fully saturated rings. The molecular formula is C41H59O13P. The van der Waals surface area contributed by atoms with Crippen LogP contribution in [0.4, 0.5) is 0 Å². The topological polar surface area (TPSA) is 210 Å². The highest BCUT2D eigenvalue weighted by Gasteiger charge is 2.51. The minimum Gasteiger partial charge on any atom is -0.462 e. The summed E-state index contributed by atoms with van der Waals surface area (Å²) in [6.07, 6.45) is 28.8. The fraction of sp³-hybridized carbons (Fsp3) is 0.463. The molecule has 7 unspecified atom stereocenters. The van der Waals surface area contributed by atoms with Gasteiger partial charge in [0.2, 0.25) is 0 Å². The maximum Gasteiger partial charge on any atom is 0.472 e. The van der Waals surface area contributed by atoms with Crippen molar-refractivity contribution in [3.63, 3.8) is 0 Å². The molecule has 0 amide bonds. The molecule has 1 aliphatic carbocycles. The van der Waals surface area contributed by atoms with E-state index < -0.39 is 75.7 Å². The van der Waals surface area contributed by atoms with E-state index in [-0.39, 0.29) is 12.8 Å². The number of ether oxygens (including phenoxy) is 2. The minimum atomic E-state index is -5.15. The number of hydrogen-bond acceptors (Lipinski definition) is 12. The molecule has 6 N–H and O–H groups in total. The van der Waals surface area contributed by atoms with Crippen LogP contribution in [0.3, 0.4) is 0 Å². The zero-order valence-corrected chi connectivity index (χ0v) is 32.5. The van der Waals surface area contributed by atoms with Crippen molar-refractivity contribution in [1.29, 1.82) is 0 Å². The summed E-state index contributed by atoms with van der Waals surface area (Å²) in [6, 6.07) is 0. The normalized spacial score (nSPS) is 24.4. The largest absolute Gasteiger partial charge is 0.472 e. The summed E-state index contributed by atoms with van der Waals surface area (Å²) in [5.74, 6) is -1.29. The number of rotatable bonds is 26. The van der Waals surface area contributed by atoms with Crippen LogP contribution in [0.15, 0.2) is 122 Å². The van der Waals surface area contributed by atoms with Gasteiger partial charge in [-0.05, 0) is 38.5 Å². The molecule has 14 heteroatoms. The van der Waals surface area contributed by atoms with Crippen molar-refractivity contribution in [2.75, 3.05) is 13.2 Å². The average Bonchev–Trinajstić information content (AvgIpc) is 3.16. The molecule has 0 saturated heterocycles. The number of allylic oxidation sites excluding steroid dienone is 20. The molecule has 0 heterocycles. The third kappa shape index (κ3) is 23.7. The smallest absolute Gasteiger partial charge is 0.462 e. The maximum atomic E-state index is 12.7. The highest BCUT2D eigenvalue weighted by atomic mass is 31.2. The molecule has 1 aliphatic rings. The summed E-state index contributed by atoms with van der Waals surface area (Å²) in [6.45, 7) is 2.81. The van der Waals surface area contributed by atoms with Crippen LogP contribution in [-0.4, -0.2) is 98.3 Å². The van der Waals surface area contributed by atoms with E-state index in [0.717, 1.165) is 12.8 Å². The highest BCUT2D eigenvalue weighted by Crippen LogP contribution is 2.47. The molecule has 8 atom stereocenters. The van der Waals surface area contributed by atoms with Crippen LogP contribution in [0.25, 0.3) is 0 Å². The summed E-state index contributed by atoms with van der Waals surface area (Å²) in [5, 5.41) is 49.9. The lowest BCUT2D eigenvalue weighted by atomic mass is 9.85. The van der Waals surface area contributed by atoms with Gasteiger partial charge in [-0.3, -0.25) is 18.6 Å². The fourth-order valence-corrected chi connectivity index (χ4v) is 5.55. The molecule has 0 aliphatic heterocycles. The zero-order chi connectivity index (χ0) is 40.7. The number of phosphoric ester groups is 1. The van der Waals surface area contributed by atoms with E-state index >= 15 is 0 Å². The van der Waals surface area contributed by atoms with Crippen molar-refractivity contribution in [3.8, 4) is 0 Å². The Kier molecular flexibility index (Phi) is 27.3. The lowest BCUT2D eigenvalue weighted by Gasteiger charge is -2.41. The van der Waals surface area contributed by atoms with Crippen molar-refractivity contribution in [2.24, 2.45) is 0 Å². The summed E-state index contributed by atoms with van der Waals surface area (Å²) in [5.41, 5.74) is 0. The molecule has 0 aromatic carbocycles. The first-order valence-electron chi connectivity index (χ1n) is 18.5. The molecule has 1 rings (SSSR count). The van der Waals surface area contributed by atoms with Gasteiger partial charge in [-0.1, -0.05) is 135 Å². The van der Waals surface area contributed by atoms with E-state index in [1.807, 2.05) is 115 Å². The van der Waals surface area contributed by atoms with Crippen molar-refractivity contribution >= 4 is 19.8 Å². The Bertz CT molecular complexity index is 1420. The predicted molar refractivity (Wildman–Crippen MR) is 211 cm³/mol. The Morgan fingerprint density at radius 3 is 1.38 bits per heavy atom. The Labute approximate surface area is 325 Å². The molecule has 13 nitrogen and oxygen atoms in total. The first-order chi connectivity index (χ1) is 26.4. The molecule has 0 spiro atoms. The molecule has 306 valence electrons. The van der Waals surface area contributed by atoms with Crippen molar-refractivity contribution < 1.29 is 63.1 Å². The molecule has 1 saturated carbocycles. The van der Waals surface area contributed by atoms with Crippen LogP contribution < -0.4 is 0 Å². The van der Waals surface area contributed by atoms with Gasteiger partial charge < -0.3 is 39.9 Å². The average molecular weight is 791 g/mol. The lowest BCUT2D eigenvalue weighted by molar-refractivity contribution is -0.220. The predicted octanol–water partition coefficient (Wildman–Crippen LogP) is 5.48. The molecule has 0 radical (unpaired) electrons. The van der Waals surface area contributed by atoms with Crippen LogP contribution in [0.1, 0.15) is 65.2 Å². The van der Waals surface area contributed by atoms with Crippen LogP contribution in [0, 0.1) is 0 Å². The van der Waals surface area contributed by atoms with Crippen molar-refractivity contribution in [1.82, 2.24) is 0 Å². The van der Waals surface area contributed by atoms with E-state index in [1.165, 1.54) is 0 Å². The number of carbonyl (C=O) groups excluding carboxylic acids is 2. The van der Waals surface area contributed by atoms with E-state index in [9.17, 15) is 44.6 Å². The highest BCUT2D eigenvalue weighted by molar-refractivity contribution is 7.47. The second-order valence-corrected chi connectivity index (χ2v) is 13.6. The van der Waals surface area contributed by atoms with Gasteiger partial charge in [-0.15, -0.1) is 0 Å². The second kappa shape index (κ2) is 30.5. The Hall–Kier alpha value is -3.75. The van der Waals surface area contributed by atoms with Crippen molar-refractivity contribution in [3.05, 3.63) is 122 Å². The number of esters is 2. The maximum absolute atomic E-state index is 12.7. The Morgan fingerprint density at radius 2 is 0.945 bits per heavy atom. The first-order valence-corrected chi connectivity index (χ1v) is 20.0. The van der Waals surface area contributed by atoms with E-state index in [1.54, 1.807) is 0 Å². The Balaban J connectivity index is 2.70. The van der Waals surface area contributed by atoms with Gasteiger partial charge in [0.15, 0.2) is 6.10 Å². The second-order valence-electron chi connectivity index (χ2n) is 12.2. The van der Waals surface area contributed by atoms with Crippen LogP contribution in [0.5, 0.6) is 0 Å². The molecule has 0 aromatic heterocycles. The quantitative estimate of drug-likeness (QED) is 0.0278. The zero-order valence-electron chi connectivity index (χ0n) is 31.6. The van der Waals surface area contributed by atoms with Crippen LogP contribution in [-0.2, 0) is 32.7 Å².